The van der Waals surface area contributed by atoms with Crippen LogP contribution in [0.15, 0.2) is 0 Å². The Bertz CT molecular complexity index is 308. The third kappa shape index (κ3) is 1.57. The smallest absolute Gasteiger partial charge is 0.156 e. The molecule has 1 aromatic rings. The average Bonchev–Trinajstić information content (AvgIpc) is 2.89. The normalized spacial score (nSPS) is 19.0. The summed E-state index contributed by atoms with van der Waals surface area (Å²) in [7, 11) is 0. The molecule has 1 atom stereocenters. The highest BCUT2D eigenvalue weighted by atomic mass is 35.5. The Hall–Kier alpha value is -0.580. The molecule has 4 nitrogen and oxygen atoms in total. The van der Waals surface area contributed by atoms with Crippen LogP contribution in [0.25, 0.3) is 0 Å². The van der Waals surface area contributed by atoms with E-state index in [1.165, 1.54) is 0 Å². The van der Waals surface area contributed by atoms with Crippen molar-refractivity contribution in [1.29, 1.82) is 0 Å². The second kappa shape index (κ2) is 3.29. The Morgan fingerprint density at radius 1 is 1.69 bits per heavy atom. The third-order valence-electron chi connectivity index (χ3n) is 2.33. The highest BCUT2D eigenvalue weighted by Crippen LogP contribution is 2.43. The van der Waals surface area contributed by atoms with Gasteiger partial charge in [0.25, 0.3) is 0 Å². The lowest BCUT2D eigenvalue weighted by molar-refractivity contribution is 0.186. The first-order chi connectivity index (χ1) is 6.24. The van der Waals surface area contributed by atoms with Crippen molar-refractivity contribution >= 4 is 11.6 Å². The van der Waals surface area contributed by atoms with Gasteiger partial charge in [0, 0.05) is 23.7 Å². The van der Waals surface area contributed by atoms with E-state index in [0.717, 1.165) is 18.5 Å². The molecule has 1 fully saturated rings. The summed E-state index contributed by atoms with van der Waals surface area (Å²) >= 11 is 5.83. The molecule has 0 aliphatic heterocycles. The Kier molecular flexibility index (Phi) is 2.27. The van der Waals surface area contributed by atoms with Crippen LogP contribution in [0, 0.1) is 0 Å². The van der Waals surface area contributed by atoms with Gasteiger partial charge in [0.05, 0.1) is 6.10 Å². The van der Waals surface area contributed by atoms with Crippen molar-refractivity contribution in [3.05, 3.63) is 16.4 Å². The fourth-order valence-corrected chi connectivity index (χ4v) is 1.73. The Morgan fingerprint density at radius 3 is 2.92 bits per heavy atom. The van der Waals surface area contributed by atoms with Gasteiger partial charge in [-0.1, -0.05) is 11.6 Å². The van der Waals surface area contributed by atoms with Crippen LogP contribution in [0.1, 0.15) is 36.1 Å². The number of hydrogen-bond acceptors (Lipinski definition) is 3. The van der Waals surface area contributed by atoms with E-state index in [-0.39, 0.29) is 6.54 Å². The molecular weight excluding hydrogens is 190 g/mol. The van der Waals surface area contributed by atoms with Gasteiger partial charge in [-0.15, -0.1) is 0 Å². The van der Waals surface area contributed by atoms with Gasteiger partial charge in [-0.25, -0.2) is 0 Å². The second-order valence-corrected chi connectivity index (χ2v) is 3.73. The zero-order valence-electron chi connectivity index (χ0n) is 7.13. The lowest BCUT2D eigenvalue weighted by atomic mass is 10.1. The standard InChI is InChI=1S/C8H12ClN3O/c9-8-6(5(13)3-10)7(11-12-8)4-1-2-4/h4-5,13H,1-3,10H2,(H,11,12). The van der Waals surface area contributed by atoms with E-state index in [1.54, 1.807) is 0 Å². The van der Waals surface area contributed by atoms with Gasteiger partial charge in [-0.05, 0) is 12.8 Å². The summed E-state index contributed by atoms with van der Waals surface area (Å²) in [5.74, 6) is 0.496. The number of nitrogens with two attached hydrogens (primary N) is 1. The first-order valence-corrected chi connectivity index (χ1v) is 4.73. The largest absolute Gasteiger partial charge is 0.387 e. The van der Waals surface area contributed by atoms with Crippen molar-refractivity contribution < 1.29 is 5.11 Å². The van der Waals surface area contributed by atoms with E-state index in [4.69, 9.17) is 17.3 Å². The predicted molar refractivity (Wildman–Crippen MR) is 49.6 cm³/mol. The van der Waals surface area contributed by atoms with Gasteiger partial charge in [0.2, 0.25) is 0 Å². The number of nitrogens with one attached hydrogen (secondary N) is 1. The van der Waals surface area contributed by atoms with Crippen molar-refractivity contribution in [1.82, 2.24) is 10.2 Å². The maximum atomic E-state index is 9.59. The number of halogens is 1. The van der Waals surface area contributed by atoms with Crippen LogP contribution in [-0.4, -0.2) is 21.8 Å². The summed E-state index contributed by atoms with van der Waals surface area (Å²) in [5.41, 5.74) is 7.02. The molecule has 2 rings (SSSR count). The monoisotopic (exact) mass is 201 g/mol. The Labute approximate surface area is 81.1 Å². The molecule has 0 bridgehead atoms. The van der Waals surface area contributed by atoms with Gasteiger partial charge in [-0.2, -0.15) is 5.10 Å². The number of aromatic amines is 1. The highest BCUT2D eigenvalue weighted by Gasteiger charge is 2.31. The van der Waals surface area contributed by atoms with Crippen molar-refractivity contribution in [2.24, 2.45) is 5.73 Å². The molecule has 1 saturated carbocycles. The fourth-order valence-electron chi connectivity index (χ4n) is 1.46. The Balaban J connectivity index is 2.33. The van der Waals surface area contributed by atoms with Crippen LogP contribution >= 0.6 is 11.6 Å². The minimum Gasteiger partial charge on any atom is -0.387 e. The maximum Gasteiger partial charge on any atom is 0.156 e. The van der Waals surface area contributed by atoms with E-state index in [9.17, 15) is 5.11 Å². The number of aliphatic hydroxyl groups is 1. The van der Waals surface area contributed by atoms with Crippen molar-refractivity contribution in [2.45, 2.75) is 24.9 Å². The molecule has 0 aromatic carbocycles. The predicted octanol–water partition coefficient (Wildman–Crippen LogP) is 0.933. The van der Waals surface area contributed by atoms with Crippen LogP contribution in [0.5, 0.6) is 0 Å². The van der Waals surface area contributed by atoms with Crippen LogP contribution in [0.3, 0.4) is 0 Å². The first kappa shape index (κ1) is 8.99. The van der Waals surface area contributed by atoms with Crippen LogP contribution < -0.4 is 5.73 Å². The summed E-state index contributed by atoms with van der Waals surface area (Å²) in [6, 6.07) is 0. The van der Waals surface area contributed by atoms with E-state index < -0.39 is 6.10 Å². The van der Waals surface area contributed by atoms with Gasteiger partial charge >= 0.3 is 0 Å². The zero-order chi connectivity index (χ0) is 9.42. The van der Waals surface area contributed by atoms with Gasteiger partial charge in [0.1, 0.15) is 0 Å². The number of hydrogen-bond donors (Lipinski definition) is 3. The molecule has 1 aromatic heterocycles. The van der Waals surface area contributed by atoms with E-state index in [1.807, 2.05) is 0 Å². The molecule has 0 radical (unpaired) electrons. The van der Waals surface area contributed by atoms with Crippen molar-refractivity contribution in [3.63, 3.8) is 0 Å². The summed E-state index contributed by atoms with van der Waals surface area (Å²) in [4.78, 5) is 0. The fraction of sp³-hybridized carbons (Fsp3) is 0.625. The van der Waals surface area contributed by atoms with Gasteiger partial charge in [0.15, 0.2) is 5.15 Å². The van der Waals surface area contributed by atoms with Gasteiger partial charge in [-0.3, -0.25) is 5.10 Å². The first-order valence-electron chi connectivity index (χ1n) is 4.35. The number of aliphatic hydroxyl groups excluding tert-OH is 1. The minimum atomic E-state index is -0.693. The van der Waals surface area contributed by atoms with Crippen LogP contribution in [0.4, 0.5) is 0 Å². The van der Waals surface area contributed by atoms with E-state index >= 15 is 0 Å². The number of rotatable bonds is 3. The van der Waals surface area contributed by atoms with Crippen LogP contribution in [-0.2, 0) is 0 Å². The molecule has 1 heterocycles. The minimum absolute atomic E-state index is 0.180. The van der Waals surface area contributed by atoms with Crippen molar-refractivity contribution in [2.75, 3.05) is 6.54 Å². The molecule has 1 unspecified atom stereocenters. The summed E-state index contributed by atoms with van der Waals surface area (Å²) in [6.07, 6.45) is 1.59. The zero-order valence-corrected chi connectivity index (χ0v) is 7.88. The molecule has 1 aliphatic carbocycles. The average molecular weight is 202 g/mol. The molecule has 0 amide bonds. The molecule has 4 N–H and O–H groups in total. The van der Waals surface area contributed by atoms with E-state index in [2.05, 4.69) is 10.2 Å². The van der Waals surface area contributed by atoms with Crippen molar-refractivity contribution in [3.8, 4) is 0 Å². The van der Waals surface area contributed by atoms with Gasteiger partial charge < -0.3 is 10.8 Å². The molecule has 1 aliphatic rings. The number of H-pyrrole nitrogens is 1. The summed E-state index contributed by atoms with van der Waals surface area (Å²) in [5, 5.41) is 16.7. The quantitative estimate of drug-likeness (QED) is 0.681. The topological polar surface area (TPSA) is 74.9 Å². The highest BCUT2D eigenvalue weighted by molar-refractivity contribution is 6.30. The SMILES string of the molecule is NCC(O)c1c(Cl)n[nH]c1C1CC1. The second-order valence-electron chi connectivity index (χ2n) is 3.37. The molecule has 0 spiro atoms. The summed E-state index contributed by atoms with van der Waals surface area (Å²) < 4.78 is 0. The van der Waals surface area contributed by atoms with E-state index in [0.29, 0.717) is 16.6 Å². The number of nitrogens with zero attached hydrogens (tertiary/aromatic N) is 1. The lowest BCUT2D eigenvalue weighted by Gasteiger charge is -2.07. The lowest BCUT2D eigenvalue weighted by Crippen LogP contribution is -2.12. The molecule has 72 valence electrons. The third-order valence-corrected chi connectivity index (χ3v) is 2.62. The molecule has 0 saturated heterocycles. The molecule has 5 heteroatoms. The molecular formula is C8H12ClN3O. The maximum absolute atomic E-state index is 9.59. The molecule has 13 heavy (non-hydrogen) atoms. The summed E-state index contributed by atoms with van der Waals surface area (Å²) in [6.45, 7) is 0.180. The van der Waals surface area contributed by atoms with Crippen LogP contribution in [0.2, 0.25) is 5.15 Å². The number of aromatic nitrogens is 2. The Morgan fingerprint density at radius 2 is 2.38 bits per heavy atom.